The number of carbonyl (C=O) groups is 1. The van der Waals surface area contributed by atoms with Gasteiger partial charge in [-0.1, -0.05) is 11.3 Å². The smallest absolute Gasteiger partial charge is 0.430 e. The van der Waals surface area contributed by atoms with Gasteiger partial charge in [-0.15, -0.1) is 0 Å². The maximum atomic E-state index is 11.8. The third kappa shape index (κ3) is 4.03. The normalized spacial score (nSPS) is 22.7. The number of rotatable bonds is 5. The fourth-order valence-corrected chi connectivity index (χ4v) is 3.09. The van der Waals surface area contributed by atoms with Gasteiger partial charge in [-0.25, -0.2) is 4.79 Å². The van der Waals surface area contributed by atoms with Gasteiger partial charge >= 0.3 is 11.1 Å². The number of morpholine rings is 1. The van der Waals surface area contributed by atoms with Crippen molar-refractivity contribution in [3.8, 4) is 0 Å². The minimum absolute atomic E-state index is 0.0423. The molecule has 0 aromatic carbocycles. The van der Waals surface area contributed by atoms with Crippen molar-refractivity contribution in [2.75, 3.05) is 39.4 Å². The molecule has 1 amide bonds. The van der Waals surface area contributed by atoms with E-state index in [-0.39, 0.29) is 11.1 Å². The Morgan fingerprint density at radius 1 is 1.43 bits per heavy atom. The van der Waals surface area contributed by atoms with Crippen molar-refractivity contribution < 1.29 is 19.2 Å². The van der Waals surface area contributed by atoms with Crippen LogP contribution < -0.4 is 0 Å². The molecule has 1 atom stereocenters. The lowest BCUT2D eigenvalue weighted by atomic mass is 10.3. The number of nitrogens with zero attached hydrogens (tertiary/aromatic N) is 4. The second-order valence-corrected chi connectivity index (χ2v) is 6.27. The predicted octanol–water partition coefficient (Wildman–Crippen LogP) is 1.14. The molecule has 0 bridgehead atoms. The minimum Gasteiger partial charge on any atom is -0.441 e. The quantitative estimate of drug-likeness (QED) is 0.453. The van der Waals surface area contributed by atoms with Gasteiger partial charge in [0.15, 0.2) is 0 Å². The van der Waals surface area contributed by atoms with Crippen molar-refractivity contribution in [3.63, 3.8) is 0 Å². The number of cyclic esters (lactones) is 1. The minimum atomic E-state index is -0.495. The molecule has 0 saturated carbocycles. The summed E-state index contributed by atoms with van der Waals surface area (Å²) < 4.78 is 10.6. The Hall–Kier alpha value is -2.04. The molecule has 1 unspecified atom stereocenters. The molecular weight excluding hydrogens is 324 g/mol. The van der Waals surface area contributed by atoms with E-state index in [1.165, 1.54) is 17.3 Å². The number of hydrogen-bond acceptors (Lipinski definition) is 8. The summed E-state index contributed by atoms with van der Waals surface area (Å²) in [5, 5.41) is 16.0. The van der Waals surface area contributed by atoms with E-state index < -0.39 is 11.0 Å². The highest BCUT2D eigenvalue weighted by Gasteiger charge is 2.32. The Morgan fingerprint density at radius 2 is 2.22 bits per heavy atom. The molecule has 23 heavy (non-hydrogen) atoms. The highest BCUT2D eigenvalue weighted by Crippen LogP contribution is 2.23. The molecule has 3 rings (SSSR count). The fraction of sp³-hybridized carbons (Fsp3) is 0.538. The van der Waals surface area contributed by atoms with Crippen LogP contribution in [-0.4, -0.2) is 72.6 Å². The second kappa shape index (κ2) is 7.02. The van der Waals surface area contributed by atoms with Crippen molar-refractivity contribution in [1.29, 1.82) is 0 Å². The molecule has 0 spiro atoms. The van der Waals surface area contributed by atoms with E-state index in [1.807, 2.05) is 0 Å². The molecule has 1 aromatic heterocycles. The van der Waals surface area contributed by atoms with Crippen LogP contribution in [0.4, 0.5) is 9.80 Å². The van der Waals surface area contributed by atoms with Crippen LogP contribution in [0.1, 0.15) is 4.88 Å². The van der Waals surface area contributed by atoms with Crippen molar-refractivity contribution in [2.24, 2.45) is 5.10 Å². The largest absolute Gasteiger partial charge is 0.441 e. The first-order valence-electron chi connectivity index (χ1n) is 7.18. The molecule has 0 aliphatic carbocycles. The predicted molar refractivity (Wildman–Crippen MR) is 82.8 cm³/mol. The van der Waals surface area contributed by atoms with Crippen LogP contribution in [0.3, 0.4) is 0 Å². The van der Waals surface area contributed by atoms with Gasteiger partial charge in [0.1, 0.15) is 6.10 Å². The first-order chi connectivity index (χ1) is 11.1. The molecule has 2 aliphatic heterocycles. The number of carbonyl (C=O) groups excluding carboxylic acids is 1. The zero-order valence-electron chi connectivity index (χ0n) is 12.3. The first-order valence-corrected chi connectivity index (χ1v) is 8.00. The molecule has 10 heteroatoms. The molecule has 9 nitrogen and oxygen atoms in total. The van der Waals surface area contributed by atoms with Gasteiger partial charge in [0.2, 0.25) is 0 Å². The molecule has 3 heterocycles. The first kappa shape index (κ1) is 15.8. The lowest BCUT2D eigenvalue weighted by Gasteiger charge is -2.27. The van der Waals surface area contributed by atoms with Gasteiger partial charge < -0.3 is 9.47 Å². The van der Waals surface area contributed by atoms with E-state index in [2.05, 4.69) is 10.0 Å². The Kier molecular flexibility index (Phi) is 4.84. The van der Waals surface area contributed by atoms with Crippen molar-refractivity contribution in [1.82, 2.24) is 9.91 Å². The molecular formula is C13H16N4O5S. The van der Waals surface area contributed by atoms with E-state index in [0.29, 0.717) is 31.2 Å². The molecule has 0 radical (unpaired) electrons. The third-order valence-corrected chi connectivity index (χ3v) is 4.51. The van der Waals surface area contributed by atoms with Crippen LogP contribution in [-0.2, 0) is 9.47 Å². The highest BCUT2D eigenvalue weighted by molar-refractivity contribution is 7.16. The van der Waals surface area contributed by atoms with Gasteiger partial charge in [0.25, 0.3) is 0 Å². The van der Waals surface area contributed by atoms with Gasteiger partial charge in [-0.3, -0.25) is 15.0 Å². The third-order valence-electron chi connectivity index (χ3n) is 3.54. The Bertz CT molecular complexity index is 613. The Labute approximate surface area is 136 Å². The van der Waals surface area contributed by atoms with E-state index in [9.17, 15) is 14.9 Å². The summed E-state index contributed by atoms with van der Waals surface area (Å²) in [5.41, 5.74) is 0. The second-order valence-electron chi connectivity index (χ2n) is 5.18. The summed E-state index contributed by atoms with van der Waals surface area (Å²) in [5.74, 6) is 0. The lowest BCUT2D eigenvalue weighted by Crippen LogP contribution is -2.41. The molecule has 0 N–H and O–H groups in total. The van der Waals surface area contributed by atoms with Crippen LogP contribution in [0.5, 0.6) is 0 Å². The Morgan fingerprint density at radius 3 is 2.91 bits per heavy atom. The van der Waals surface area contributed by atoms with Crippen LogP contribution >= 0.6 is 11.3 Å². The molecule has 1 aromatic rings. The molecule has 124 valence electrons. The van der Waals surface area contributed by atoms with Gasteiger partial charge in [0.05, 0.1) is 35.8 Å². The van der Waals surface area contributed by atoms with Crippen LogP contribution in [0.15, 0.2) is 17.2 Å². The summed E-state index contributed by atoms with van der Waals surface area (Å²) in [6, 6.07) is 3.01. The fourth-order valence-electron chi connectivity index (χ4n) is 2.41. The van der Waals surface area contributed by atoms with Crippen LogP contribution in [0.25, 0.3) is 0 Å². The van der Waals surface area contributed by atoms with E-state index in [0.717, 1.165) is 24.4 Å². The zero-order valence-corrected chi connectivity index (χ0v) is 13.1. The van der Waals surface area contributed by atoms with Gasteiger partial charge in [0, 0.05) is 25.7 Å². The number of ether oxygens (including phenoxy) is 2. The maximum absolute atomic E-state index is 11.8. The standard InChI is InChI=1S/C13H16N4O5S/c18-13-16(14-7-11-1-2-12(23-11)17(19)20)9-10(22-13)8-15-3-5-21-6-4-15/h1-2,7,10H,3-6,8-9H2/b14-7-. The van der Waals surface area contributed by atoms with Crippen molar-refractivity contribution in [2.45, 2.75) is 6.10 Å². The zero-order chi connectivity index (χ0) is 16.2. The SMILES string of the molecule is O=C1OC(CN2CCOCC2)CN1/N=C\c1ccc([N+](=O)[O-])s1. The number of nitro groups is 1. The van der Waals surface area contributed by atoms with Crippen molar-refractivity contribution in [3.05, 3.63) is 27.1 Å². The number of amides is 1. The molecule has 2 saturated heterocycles. The average Bonchev–Trinajstić information content (AvgIpc) is 3.13. The van der Waals surface area contributed by atoms with Crippen LogP contribution in [0, 0.1) is 10.1 Å². The van der Waals surface area contributed by atoms with Crippen molar-refractivity contribution >= 4 is 28.6 Å². The van der Waals surface area contributed by atoms with Gasteiger partial charge in [-0.2, -0.15) is 10.1 Å². The van der Waals surface area contributed by atoms with E-state index in [4.69, 9.17) is 9.47 Å². The summed E-state index contributed by atoms with van der Waals surface area (Å²) in [6.07, 6.45) is 0.719. The number of hydrogen-bond donors (Lipinski definition) is 0. The summed E-state index contributed by atoms with van der Waals surface area (Å²) >= 11 is 1.01. The summed E-state index contributed by atoms with van der Waals surface area (Å²) in [6.45, 7) is 4.08. The number of thiophene rings is 1. The highest BCUT2D eigenvalue weighted by atomic mass is 32.1. The van der Waals surface area contributed by atoms with Crippen LogP contribution in [0.2, 0.25) is 0 Å². The summed E-state index contributed by atoms with van der Waals surface area (Å²) in [4.78, 5) is 24.8. The Balaban J connectivity index is 1.54. The molecule has 2 fully saturated rings. The van der Waals surface area contributed by atoms with E-state index >= 15 is 0 Å². The lowest BCUT2D eigenvalue weighted by molar-refractivity contribution is -0.380. The monoisotopic (exact) mass is 340 g/mol. The number of hydrazone groups is 1. The maximum Gasteiger partial charge on any atom is 0.430 e. The van der Waals surface area contributed by atoms with E-state index in [1.54, 1.807) is 6.07 Å². The average molecular weight is 340 g/mol. The summed E-state index contributed by atoms with van der Waals surface area (Å²) in [7, 11) is 0. The molecule has 2 aliphatic rings. The van der Waals surface area contributed by atoms with Gasteiger partial charge in [-0.05, 0) is 6.07 Å². The topological polar surface area (TPSA) is 97.5 Å².